The summed E-state index contributed by atoms with van der Waals surface area (Å²) in [6.07, 6.45) is 9.94. The molecule has 0 fully saturated rings. The smallest absolute Gasteiger partial charge is 0.374 e. The summed E-state index contributed by atoms with van der Waals surface area (Å²) in [4.78, 5) is 0. The molecule has 2 N–H and O–H groups in total. The van der Waals surface area contributed by atoms with Gasteiger partial charge in [0.2, 0.25) is 0 Å². The van der Waals surface area contributed by atoms with Crippen LogP contribution in [0.3, 0.4) is 0 Å². The van der Waals surface area contributed by atoms with E-state index in [-0.39, 0.29) is 6.04 Å². The normalized spacial score (nSPS) is 13.5. The van der Waals surface area contributed by atoms with Crippen molar-refractivity contribution in [2.24, 2.45) is 5.73 Å². The zero-order chi connectivity index (χ0) is 16.7. The van der Waals surface area contributed by atoms with Crippen LogP contribution in [0.2, 0.25) is 6.04 Å². The molecule has 0 bridgehead atoms. The first-order valence-corrected chi connectivity index (χ1v) is 11.2. The van der Waals surface area contributed by atoms with Crippen LogP contribution < -0.4 is 5.73 Å². The number of hydrogen-bond donors (Lipinski definition) is 1. The Kier molecular flexibility index (Phi) is 14.7. The monoisotopic (exact) mass is 333 g/mol. The highest BCUT2D eigenvalue weighted by molar-refractivity contribution is 6.60. The van der Waals surface area contributed by atoms with Gasteiger partial charge < -0.3 is 19.0 Å². The molecule has 0 radical (unpaired) electrons. The molecule has 4 nitrogen and oxygen atoms in total. The van der Waals surface area contributed by atoms with Crippen molar-refractivity contribution < 1.29 is 13.3 Å². The fraction of sp³-hybridized carbons (Fsp3) is 1.00. The highest BCUT2D eigenvalue weighted by Gasteiger charge is 2.40. The maximum Gasteiger partial charge on any atom is 0.500 e. The van der Waals surface area contributed by atoms with E-state index in [0.717, 1.165) is 18.9 Å². The molecule has 5 heteroatoms. The second-order valence-corrected chi connectivity index (χ2v) is 8.57. The van der Waals surface area contributed by atoms with Crippen LogP contribution in [0.4, 0.5) is 0 Å². The summed E-state index contributed by atoms with van der Waals surface area (Å²) >= 11 is 0. The molecule has 0 aromatic carbocycles. The van der Waals surface area contributed by atoms with Gasteiger partial charge in [-0.1, -0.05) is 45.4 Å². The van der Waals surface area contributed by atoms with Crippen molar-refractivity contribution >= 4 is 8.80 Å². The van der Waals surface area contributed by atoms with E-state index in [1.807, 2.05) is 20.8 Å². The molecule has 0 aliphatic carbocycles. The van der Waals surface area contributed by atoms with E-state index in [2.05, 4.69) is 6.92 Å². The predicted molar refractivity (Wildman–Crippen MR) is 96.0 cm³/mol. The summed E-state index contributed by atoms with van der Waals surface area (Å²) in [5.74, 6) is 0. The molecule has 0 aliphatic rings. The van der Waals surface area contributed by atoms with Crippen molar-refractivity contribution in [1.29, 1.82) is 0 Å². The lowest BCUT2D eigenvalue weighted by Crippen LogP contribution is -2.46. The molecule has 0 saturated carbocycles. The van der Waals surface area contributed by atoms with E-state index in [0.29, 0.717) is 19.8 Å². The number of unbranched alkanes of at least 4 members (excludes halogenated alkanes) is 5. The first kappa shape index (κ1) is 22.1. The maximum absolute atomic E-state index is 6.27. The summed E-state index contributed by atoms with van der Waals surface area (Å²) in [6, 6.07) is 1.07. The number of nitrogens with two attached hydrogens (primary N) is 1. The minimum Gasteiger partial charge on any atom is -0.374 e. The van der Waals surface area contributed by atoms with E-state index in [4.69, 9.17) is 19.0 Å². The van der Waals surface area contributed by atoms with E-state index in [1.165, 1.54) is 38.5 Å². The highest BCUT2D eigenvalue weighted by Crippen LogP contribution is 2.20. The van der Waals surface area contributed by atoms with Crippen LogP contribution in [0, 0.1) is 0 Å². The lowest BCUT2D eigenvalue weighted by molar-refractivity contribution is 0.0702. The number of hydrogen-bond acceptors (Lipinski definition) is 4. The maximum atomic E-state index is 6.27. The van der Waals surface area contributed by atoms with Gasteiger partial charge in [0.25, 0.3) is 0 Å². The summed E-state index contributed by atoms with van der Waals surface area (Å²) in [5.41, 5.74) is 6.27. The van der Waals surface area contributed by atoms with Crippen LogP contribution in [0.5, 0.6) is 0 Å². The van der Waals surface area contributed by atoms with Crippen molar-refractivity contribution in [1.82, 2.24) is 0 Å². The van der Waals surface area contributed by atoms with Gasteiger partial charge in [-0.25, -0.2) is 0 Å². The second kappa shape index (κ2) is 14.6. The molecule has 0 aromatic heterocycles. The zero-order valence-electron chi connectivity index (χ0n) is 15.4. The Labute approximate surface area is 139 Å². The van der Waals surface area contributed by atoms with Crippen molar-refractivity contribution in [2.75, 3.05) is 19.8 Å². The topological polar surface area (TPSA) is 53.7 Å². The van der Waals surface area contributed by atoms with Crippen LogP contribution in [0.25, 0.3) is 0 Å². The van der Waals surface area contributed by atoms with E-state index in [9.17, 15) is 0 Å². The molecule has 0 aliphatic heterocycles. The minimum absolute atomic E-state index is 0.236. The van der Waals surface area contributed by atoms with Gasteiger partial charge in [0.05, 0.1) is 0 Å². The Balaban J connectivity index is 4.01. The fourth-order valence-electron chi connectivity index (χ4n) is 2.69. The first-order chi connectivity index (χ1) is 10.6. The molecule has 1 atom stereocenters. The molecular formula is C17H39NO3Si. The van der Waals surface area contributed by atoms with Crippen LogP contribution in [0.15, 0.2) is 0 Å². The Morgan fingerprint density at radius 1 is 0.727 bits per heavy atom. The molecule has 1 unspecified atom stereocenters. The summed E-state index contributed by atoms with van der Waals surface area (Å²) in [6.45, 7) is 10.2. The molecule has 0 heterocycles. The quantitative estimate of drug-likeness (QED) is 0.334. The van der Waals surface area contributed by atoms with Crippen molar-refractivity contribution in [2.45, 2.75) is 91.1 Å². The van der Waals surface area contributed by atoms with Crippen molar-refractivity contribution in [3.63, 3.8) is 0 Å². The Morgan fingerprint density at radius 2 is 1.23 bits per heavy atom. The minimum atomic E-state index is -2.50. The highest BCUT2D eigenvalue weighted by atomic mass is 28.4. The molecule has 0 rings (SSSR count). The van der Waals surface area contributed by atoms with Crippen molar-refractivity contribution in [3.05, 3.63) is 0 Å². The Morgan fingerprint density at radius 3 is 1.73 bits per heavy atom. The largest absolute Gasteiger partial charge is 0.500 e. The first-order valence-electron chi connectivity index (χ1n) is 9.31. The standard InChI is InChI=1S/C17H39NO3Si/c1-5-9-10-11-12-13-14-17(18)15-16-22(19-6-2,20-7-3)21-8-4/h17H,5-16,18H2,1-4H3. The summed E-state index contributed by atoms with van der Waals surface area (Å²) in [7, 11) is -2.50. The molecule has 134 valence electrons. The molecule has 0 amide bonds. The van der Waals surface area contributed by atoms with Gasteiger partial charge in [-0.05, 0) is 33.6 Å². The SMILES string of the molecule is CCCCCCCCC(N)CC[Si](OCC)(OCC)OCC. The van der Waals surface area contributed by atoms with Crippen molar-refractivity contribution in [3.8, 4) is 0 Å². The van der Waals surface area contributed by atoms with E-state index in [1.54, 1.807) is 0 Å². The van der Waals surface area contributed by atoms with Gasteiger partial charge in [0.1, 0.15) is 0 Å². The van der Waals surface area contributed by atoms with Crippen LogP contribution in [-0.2, 0) is 13.3 Å². The van der Waals surface area contributed by atoms with Gasteiger partial charge in [0, 0.05) is 31.9 Å². The molecule has 0 saturated heterocycles. The third-order valence-electron chi connectivity index (χ3n) is 3.84. The van der Waals surface area contributed by atoms with Crippen LogP contribution >= 0.6 is 0 Å². The van der Waals surface area contributed by atoms with E-state index < -0.39 is 8.80 Å². The Bertz CT molecular complexity index is 225. The lowest BCUT2D eigenvalue weighted by Gasteiger charge is -2.29. The van der Waals surface area contributed by atoms with Gasteiger partial charge in [-0.15, -0.1) is 0 Å². The number of rotatable bonds is 16. The second-order valence-electron chi connectivity index (χ2n) is 5.84. The van der Waals surface area contributed by atoms with Crippen LogP contribution in [0.1, 0.15) is 79.1 Å². The third-order valence-corrected chi connectivity index (χ3v) is 6.93. The molecule has 0 spiro atoms. The van der Waals surface area contributed by atoms with Gasteiger partial charge in [-0.3, -0.25) is 0 Å². The molecular weight excluding hydrogens is 294 g/mol. The third kappa shape index (κ3) is 10.7. The summed E-state index contributed by atoms with van der Waals surface area (Å²) < 4.78 is 17.6. The average Bonchev–Trinajstić information content (AvgIpc) is 2.49. The molecule has 0 aromatic rings. The van der Waals surface area contributed by atoms with E-state index >= 15 is 0 Å². The average molecular weight is 334 g/mol. The fourth-order valence-corrected chi connectivity index (χ4v) is 5.42. The lowest BCUT2D eigenvalue weighted by atomic mass is 10.0. The van der Waals surface area contributed by atoms with Crippen LogP contribution in [-0.4, -0.2) is 34.7 Å². The van der Waals surface area contributed by atoms with Gasteiger partial charge >= 0.3 is 8.80 Å². The van der Waals surface area contributed by atoms with Gasteiger partial charge in [0.15, 0.2) is 0 Å². The molecule has 22 heavy (non-hydrogen) atoms. The summed E-state index contributed by atoms with van der Waals surface area (Å²) in [5, 5.41) is 0. The zero-order valence-corrected chi connectivity index (χ0v) is 16.4. The Hall–Kier alpha value is 0.0569. The van der Waals surface area contributed by atoms with Gasteiger partial charge in [-0.2, -0.15) is 0 Å². The predicted octanol–water partition coefficient (Wildman–Crippen LogP) is 4.50.